The Kier molecular flexibility index (Phi) is 5.44. The van der Waals surface area contributed by atoms with Crippen LogP contribution in [0.1, 0.15) is 11.1 Å². The average Bonchev–Trinajstić information content (AvgIpc) is 3.17. The minimum Gasteiger partial charge on any atom is -0.308 e. The molecule has 0 radical (unpaired) electrons. The maximum Gasteiger partial charge on any atom is 0.416 e. The monoisotopic (exact) mass is 465 g/mol. The Labute approximate surface area is 181 Å². The smallest absolute Gasteiger partial charge is 0.308 e. The highest BCUT2D eigenvalue weighted by Crippen LogP contribution is 2.37. The van der Waals surface area contributed by atoms with Crippen LogP contribution < -0.4 is 10.6 Å². The minimum absolute atomic E-state index is 0.0172. The Bertz CT molecular complexity index is 1250. The number of halogens is 6. The topological polar surface area (TPSA) is 71.3 Å². The van der Waals surface area contributed by atoms with Crippen molar-refractivity contribution < 1.29 is 31.1 Å². The molecule has 0 saturated heterocycles. The lowest BCUT2D eigenvalue weighted by Gasteiger charge is -2.15. The van der Waals surface area contributed by atoms with Crippen LogP contribution >= 0.6 is 0 Å². The standard InChI is InChI=1S/C21H13F6N5O/c22-20(23,24)13-8-14(21(25,26)27)10-16(9-13)30-19(33)29-15-4-2-12(3-5-15)17-11-32-7-1-6-28-18(32)31-17/h1-11H,(H2,29,30,33). The first-order chi connectivity index (χ1) is 15.5. The predicted octanol–water partition coefficient (Wildman–Crippen LogP) is 6.08. The molecular formula is C21H13F6N5O. The predicted molar refractivity (Wildman–Crippen MR) is 108 cm³/mol. The molecule has 2 aromatic carbocycles. The van der Waals surface area contributed by atoms with Gasteiger partial charge in [-0.25, -0.2) is 14.8 Å². The van der Waals surface area contributed by atoms with Gasteiger partial charge in [-0.2, -0.15) is 26.3 Å². The molecular weight excluding hydrogens is 452 g/mol. The number of anilines is 2. The maximum atomic E-state index is 13.0. The zero-order valence-electron chi connectivity index (χ0n) is 16.4. The number of amides is 2. The number of benzene rings is 2. The van der Waals surface area contributed by atoms with Gasteiger partial charge < -0.3 is 10.6 Å². The number of hydrogen-bond donors (Lipinski definition) is 2. The van der Waals surface area contributed by atoms with Gasteiger partial charge in [0.2, 0.25) is 5.78 Å². The Balaban J connectivity index is 1.49. The number of urea groups is 1. The van der Waals surface area contributed by atoms with Crippen molar-refractivity contribution in [1.29, 1.82) is 0 Å². The van der Waals surface area contributed by atoms with Gasteiger partial charge in [-0.1, -0.05) is 12.1 Å². The molecule has 4 aromatic rings. The van der Waals surface area contributed by atoms with Crippen molar-refractivity contribution in [3.8, 4) is 11.3 Å². The first kappa shape index (κ1) is 22.1. The first-order valence-corrected chi connectivity index (χ1v) is 9.27. The molecule has 2 amide bonds. The van der Waals surface area contributed by atoms with Gasteiger partial charge in [0, 0.05) is 35.5 Å². The van der Waals surface area contributed by atoms with Crippen LogP contribution in [-0.4, -0.2) is 20.4 Å². The minimum atomic E-state index is -5.02. The molecule has 33 heavy (non-hydrogen) atoms. The van der Waals surface area contributed by atoms with Crippen molar-refractivity contribution in [1.82, 2.24) is 14.4 Å². The second-order valence-corrected chi connectivity index (χ2v) is 6.90. The molecule has 0 bridgehead atoms. The zero-order chi connectivity index (χ0) is 23.8. The average molecular weight is 465 g/mol. The third-order valence-corrected chi connectivity index (χ3v) is 4.52. The zero-order valence-corrected chi connectivity index (χ0v) is 16.4. The van der Waals surface area contributed by atoms with Crippen molar-refractivity contribution in [2.24, 2.45) is 0 Å². The molecule has 2 heterocycles. The number of carbonyl (C=O) groups is 1. The molecule has 0 unspecified atom stereocenters. The lowest BCUT2D eigenvalue weighted by molar-refractivity contribution is -0.143. The summed E-state index contributed by atoms with van der Waals surface area (Å²) in [5.41, 5.74) is -2.12. The van der Waals surface area contributed by atoms with Crippen LogP contribution in [-0.2, 0) is 12.4 Å². The van der Waals surface area contributed by atoms with E-state index >= 15 is 0 Å². The third-order valence-electron chi connectivity index (χ3n) is 4.52. The number of fused-ring (bicyclic) bond motifs is 1. The van der Waals surface area contributed by atoms with E-state index in [2.05, 4.69) is 15.3 Å². The highest BCUT2D eigenvalue weighted by molar-refractivity contribution is 6.00. The molecule has 0 fully saturated rings. The highest BCUT2D eigenvalue weighted by atomic mass is 19.4. The summed E-state index contributed by atoms with van der Waals surface area (Å²) >= 11 is 0. The summed E-state index contributed by atoms with van der Waals surface area (Å²) < 4.78 is 79.5. The summed E-state index contributed by atoms with van der Waals surface area (Å²) in [6.07, 6.45) is -4.91. The number of hydrogen-bond acceptors (Lipinski definition) is 3. The number of alkyl halides is 6. The van der Waals surface area contributed by atoms with Crippen molar-refractivity contribution in [2.45, 2.75) is 12.4 Å². The highest BCUT2D eigenvalue weighted by Gasteiger charge is 2.37. The van der Waals surface area contributed by atoms with Gasteiger partial charge in [-0.05, 0) is 36.4 Å². The fourth-order valence-corrected chi connectivity index (χ4v) is 3.01. The molecule has 0 aliphatic heterocycles. The quantitative estimate of drug-likeness (QED) is 0.361. The molecule has 6 nitrogen and oxygen atoms in total. The van der Waals surface area contributed by atoms with Crippen molar-refractivity contribution in [3.63, 3.8) is 0 Å². The molecule has 0 aliphatic carbocycles. The Morgan fingerprint density at radius 1 is 0.848 bits per heavy atom. The summed E-state index contributed by atoms with van der Waals surface area (Å²) in [5, 5.41) is 4.37. The van der Waals surface area contributed by atoms with Gasteiger partial charge in [-0.15, -0.1) is 0 Å². The van der Waals surface area contributed by atoms with E-state index in [1.165, 1.54) is 12.1 Å². The van der Waals surface area contributed by atoms with Crippen molar-refractivity contribution >= 4 is 23.2 Å². The number of aromatic nitrogens is 3. The lowest BCUT2D eigenvalue weighted by Crippen LogP contribution is -2.20. The van der Waals surface area contributed by atoms with Crippen LogP contribution in [0.15, 0.2) is 67.1 Å². The summed E-state index contributed by atoms with van der Waals surface area (Å²) in [4.78, 5) is 20.6. The first-order valence-electron chi connectivity index (χ1n) is 9.27. The number of carbonyl (C=O) groups excluding carboxylic acids is 1. The molecule has 12 heteroatoms. The van der Waals surface area contributed by atoms with Gasteiger partial charge >= 0.3 is 18.4 Å². The summed E-state index contributed by atoms with van der Waals surface area (Å²) in [7, 11) is 0. The van der Waals surface area contributed by atoms with E-state index in [1.54, 1.807) is 41.2 Å². The number of nitrogens with one attached hydrogen (secondary N) is 2. The molecule has 0 aliphatic rings. The molecule has 4 rings (SSSR count). The van der Waals surface area contributed by atoms with Gasteiger partial charge in [0.05, 0.1) is 16.8 Å². The van der Waals surface area contributed by atoms with Gasteiger partial charge in [-0.3, -0.25) is 4.40 Å². The van der Waals surface area contributed by atoms with E-state index in [0.29, 0.717) is 29.2 Å². The largest absolute Gasteiger partial charge is 0.416 e. The fraction of sp³-hybridized carbons (Fsp3) is 0.0952. The fourth-order valence-electron chi connectivity index (χ4n) is 3.01. The summed E-state index contributed by atoms with van der Waals surface area (Å²) in [6, 6.07) is 7.88. The molecule has 2 aromatic heterocycles. The second-order valence-electron chi connectivity index (χ2n) is 6.90. The number of nitrogens with zero attached hydrogens (tertiary/aromatic N) is 3. The molecule has 0 spiro atoms. The van der Waals surface area contributed by atoms with Crippen LogP contribution in [0.2, 0.25) is 0 Å². The van der Waals surface area contributed by atoms with Crippen LogP contribution in [0, 0.1) is 0 Å². The van der Waals surface area contributed by atoms with Crippen LogP contribution in [0.3, 0.4) is 0 Å². The molecule has 0 atom stereocenters. The van der Waals surface area contributed by atoms with Gasteiger partial charge in [0.1, 0.15) is 0 Å². The van der Waals surface area contributed by atoms with Crippen LogP contribution in [0.5, 0.6) is 0 Å². The Hall–Kier alpha value is -4.09. The van der Waals surface area contributed by atoms with Gasteiger partial charge in [0.25, 0.3) is 0 Å². The summed E-state index contributed by atoms with van der Waals surface area (Å²) in [5.74, 6) is 0.494. The number of imidazole rings is 1. The van der Waals surface area contributed by atoms with E-state index in [1.807, 2.05) is 5.32 Å². The SMILES string of the molecule is O=C(Nc1ccc(-c2cn3cccnc3n2)cc1)Nc1cc(C(F)(F)F)cc(C(F)(F)F)c1. The van der Waals surface area contributed by atoms with E-state index in [4.69, 9.17) is 0 Å². The second kappa shape index (κ2) is 8.11. The van der Waals surface area contributed by atoms with E-state index in [-0.39, 0.29) is 11.8 Å². The van der Waals surface area contributed by atoms with E-state index in [9.17, 15) is 31.1 Å². The Morgan fingerprint density at radius 2 is 1.45 bits per heavy atom. The molecule has 170 valence electrons. The maximum absolute atomic E-state index is 13.0. The molecule has 0 saturated carbocycles. The van der Waals surface area contributed by atoms with Crippen LogP contribution in [0.4, 0.5) is 42.5 Å². The lowest BCUT2D eigenvalue weighted by atomic mass is 10.1. The van der Waals surface area contributed by atoms with Crippen LogP contribution in [0.25, 0.3) is 17.0 Å². The number of rotatable bonds is 3. The Morgan fingerprint density at radius 3 is 2.03 bits per heavy atom. The van der Waals surface area contributed by atoms with Crippen molar-refractivity contribution in [3.05, 3.63) is 78.2 Å². The normalized spacial score (nSPS) is 12.1. The van der Waals surface area contributed by atoms with E-state index < -0.39 is 35.2 Å². The summed E-state index contributed by atoms with van der Waals surface area (Å²) in [6.45, 7) is 0. The third kappa shape index (κ3) is 5.05. The van der Waals surface area contributed by atoms with Crippen molar-refractivity contribution in [2.75, 3.05) is 10.6 Å². The molecule has 2 N–H and O–H groups in total. The van der Waals surface area contributed by atoms with Gasteiger partial charge in [0.15, 0.2) is 0 Å². The van der Waals surface area contributed by atoms with E-state index in [0.717, 1.165) is 0 Å².